The van der Waals surface area contributed by atoms with Gasteiger partial charge in [-0.3, -0.25) is 0 Å². The van der Waals surface area contributed by atoms with E-state index >= 15 is 0 Å². The summed E-state index contributed by atoms with van der Waals surface area (Å²) in [4.78, 5) is 1.18. The van der Waals surface area contributed by atoms with Gasteiger partial charge in [-0.2, -0.15) is 0 Å². The van der Waals surface area contributed by atoms with E-state index in [4.69, 9.17) is 0 Å². The predicted molar refractivity (Wildman–Crippen MR) is 75.2 cm³/mol. The highest BCUT2D eigenvalue weighted by molar-refractivity contribution is 9.10. The minimum atomic E-state index is -0.201. The molecule has 1 aromatic carbocycles. The second kappa shape index (κ2) is 5.19. The molecule has 0 aliphatic carbocycles. The molecule has 17 heavy (non-hydrogen) atoms. The number of hydrogen-bond acceptors (Lipinski definition) is 2. The molecule has 1 N–H and O–H groups in total. The van der Waals surface area contributed by atoms with Gasteiger partial charge in [0.05, 0.1) is 11.7 Å². The zero-order valence-electron chi connectivity index (χ0n) is 9.63. The van der Waals surface area contributed by atoms with E-state index < -0.39 is 0 Å². The van der Waals surface area contributed by atoms with E-state index in [2.05, 4.69) is 27.3 Å². The normalized spacial score (nSPS) is 12.5. The van der Waals surface area contributed by atoms with Gasteiger partial charge in [0.1, 0.15) is 5.82 Å². The maximum atomic E-state index is 13.7. The molecule has 0 aliphatic heterocycles. The van der Waals surface area contributed by atoms with Crippen LogP contribution in [0.1, 0.15) is 23.4 Å². The molecule has 1 aromatic heterocycles. The van der Waals surface area contributed by atoms with E-state index in [9.17, 15) is 4.39 Å². The number of para-hydroxylation sites is 1. The second-order valence-corrected chi connectivity index (χ2v) is 5.82. The summed E-state index contributed by atoms with van der Waals surface area (Å²) < 4.78 is 14.7. The van der Waals surface area contributed by atoms with Crippen molar-refractivity contribution in [2.24, 2.45) is 0 Å². The molecule has 0 amide bonds. The lowest BCUT2D eigenvalue weighted by atomic mass is 10.1. The van der Waals surface area contributed by atoms with Crippen LogP contribution in [0, 0.1) is 12.7 Å². The minimum Gasteiger partial charge on any atom is -0.375 e. The number of rotatable bonds is 3. The number of nitrogens with one attached hydrogen (secondary N) is 1. The molecule has 1 atom stereocenters. The third kappa shape index (κ3) is 2.87. The molecule has 0 saturated carbocycles. The lowest BCUT2D eigenvalue weighted by Crippen LogP contribution is -2.07. The molecule has 0 spiro atoms. The minimum absolute atomic E-state index is 0.0990. The van der Waals surface area contributed by atoms with Gasteiger partial charge in [-0.15, -0.1) is 11.3 Å². The van der Waals surface area contributed by atoms with Crippen LogP contribution in [0.25, 0.3) is 0 Å². The fourth-order valence-corrected chi connectivity index (χ4v) is 3.11. The highest BCUT2D eigenvalue weighted by Crippen LogP contribution is 2.29. The summed E-state index contributed by atoms with van der Waals surface area (Å²) >= 11 is 5.08. The molecule has 0 saturated heterocycles. The number of anilines is 1. The van der Waals surface area contributed by atoms with Gasteiger partial charge in [0.25, 0.3) is 0 Å². The van der Waals surface area contributed by atoms with Crippen molar-refractivity contribution >= 4 is 33.0 Å². The Kier molecular flexibility index (Phi) is 3.84. The molecule has 4 heteroatoms. The summed E-state index contributed by atoms with van der Waals surface area (Å²) in [6, 6.07) is 7.26. The molecule has 1 nitrogen and oxygen atoms in total. The van der Waals surface area contributed by atoms with Gasteiger partial charge in [0, 0.05) is 14.7 Å². The smallest absolute Gasteiger partial charge is 0.146 e. The van der Waals surface area contributed by atoms with Crippen LogP contribution in [0.15, 0.2) is 34.1 Å². The quantitative estimate of drug-likeness (QED) is 0.828. The fourth-order valence-electron chi connectivity index (χ4n) is 1.66. The SMILES string of the molecule is Cc1cccc(F)c1NC(C)c1cc(Br)cs1. The van der Waals surface area contributed by atoms with Crippen LogP contribution in [0.2, 0.25) is 0 Å². The van der Waals surface area contributed by atoms with Crippen molar-refractivity contribution in [3.05, 3.63) is 50.4 Å². The van der Waals surface area contributed by atoms with Crippen molar-refractivity contribution in [1.82, 2.24) is 0 Å². The zero-order chi connectivity index (χ0) is 12.4. The van der Waals surface area contributed by atoms with Crippen LogP contribution < -0.4 is 5.32 Å². The maximum Gasteiger partial charge on any atom is 0.146 e. The van der Waals surface area contributed by atoms with Crippen molar-refractivity contribution < 1.29 is 4.39 Å². The summed E-state index contributed by atoms with van der Waals surface area (Å²) in [5, 5.41) is 5.25. The van der Waals surface area contributed by atoms with Crippen molar-refractivity contribution in [3.8, 4) is 0 Å². The Labute approximate surface area is 113 Å². The molecule has 2 rings (SSSR count). The van der Waals surface area contributed by atoms with Gasteiger partial charge < -0.3 is 5.32 Å². The van der Waals surface area contributed by atoms with Gasteiger partial charge >= 0.3 is 0 Å². The molecule has 0 aliphatic rings. The molecule has 0 fully saturated rings. The Balaban J connectivity index is 2.21. The average molecular weight is 314 g/mol. The van der Waals surface area contributed by atoms with Gasteiger partial charge in [-0.05, 0) is 47.5 Å². The van der Waals surface area contributed by atoms with E-state index in [0.717, 1.165) is 10.0 Å². The molecule has 0 radical (unpaired) electrons. The van der Waals surface area contributed by atoms with Crippen LogP contribution in [-0.2, 0) is 0 Å². The van der Waals surface area contributed by atoms with E-state index in [1.165, 1.54) is 10.9 Å². The van der Waals surface area contributed by atoms with E-state index in [0.29, 0.717) is 5.69 Å². The summed E-state index contributed by atoms with van der Waals surface area (Å²) in [5.74, 6) is -0.201. The van der Waals surface area contributed by atoms with Crippen LogP contribution in [0.3, 0.4) is 0 Å². The molecule has 1 heterocycles. The summed E-state index contributed by atoms with van der Waals surface area (Å²) in [6.07, 6.45) is 0. The van der Waals surface area contributed by atoms with E-state index in [-0.39, 0.29) is 11.9 Å². The first-order valence-electron chi connectivity index (χ1n) is 5.33. The summed E-state index contributed by atoms with van der Waals surface area (Å²) in [6.45, 7) is 3.94. The predicted octanol–water partition coefficient (Wildman–Crippen LogP) is 5.13. The lowest BCUT2D eigenvalue weighted by molar-refractivity contribution is 0.626. The molecule has 2 aromatic rings. The third-order valence-electron chi connectivity index (χ3n) is 2.60. The van der Waals surface area contributed by atoms with Crippen molar-refractivity contribution in [1.29, 1.82) is 0 Å². The Morgan fingerprint density at radius 3 is 2.76 bits per heavy atom. The molecular weight excluding hydrogens is 301 g/mol. The molecule has 1 unspecified atom stereocenters. The highest BCUT2D eigenvalue weighted by atomic mass is 79.9. The average Bonchev–Trinajstić information content (AvgIpc) is 2.70. The zero-order valence-corrected chi connectivity index (χ0v) is 12.0. The van der Waals surface area contributed by atoms with Gasteiger partial charge in [-0.25, -0.2) is 4.39 Å². The Bertz CT molecular complexity index is 504. The standard InChI is InChI=1S/C13H13BrFNS/c1-8-4-3-5-11(15)13(8)16-9(2)12-6-10(14)7-17-12/h3-7,9,16H,1-2H3. The number of aryl methyl sites for hydroxylation is 1. The monoisotopic (exact) mass is 313 g/mol. The molecular formula is C13H13BrFNS. The molecule has 0 bridgehead atoms. The highest BCUT2D eigenvalue weighted by Gasteiger charge is 2.11. The van der Waals surface area contributed by atoms with E-state index in [1.807, 2.05) is 25.3 Å². The second-order valence-electron chi connectivity index (χ2n) is 3.97. The molecule has 90 valence electrons. The summed E-state index contributed by atoms with van der Waals surface area (Å²) in [5.41, 5.74) is 1.51. The van der Waals surface area contributed by atoms with Crippen molar-refractivity contribution in [2.75, 3.05) is 5.32 Å². The summed E-state index contributed by atoms with van der Waals surface area (Å²) in [7, 11) is 0. The van der Waals surface area contributed by atoms with Crippen molar-refractivity contribution in [2.45, 2.75) is 19.9 Å². The largest absolute Gasteiger partial charge is 0.375 e. The Hall–Kier alpha value is -0.870. The Morgan fingerprint density at radius 2 is 2.18 bits per heavy atom. The van der Waals surface area contributed by atoms with E-state index in [1.54, 1.807) is 17.4 Å². The van der Waals surface area contributed by atoms with Gasteiger partial charge in [-0.1, -0.05) is 12.1 Å². The number of thiophene rings is 1. The number of hydrogen-bond donors (Lipinski definition) is 1. The number of halogens is 2. The Morgan fingerprint density at radius 1 is 1.41 bits per heavy atom. The first kappa shape index (κ1) is 12.6. The first-order chi connectivity index (χ1) is 8.08. The third-order valence-corrected chi connectivity index (χ3v) is 4.47. The van der Waals surface area contributed by atoms with Crippen LogP contribution >= 0.6 is 27.3 Å². The lowest BCUT2D eigenvalue weighted by Gasteiger charge is -2.16. The van der Waals surface area contributed by atoms with Crippen LogP contribution in [0.4, 0.5) is 10.1 Å². The van der Waals surface area contributed by atoms with Crippen molar-refractivity contribution in [3.63, 3.8) is 0 Å². The van der Waals surface area contributed by atoms with Crippen LogP contribution in [0.5, 0.6) is 0 Å². The fraction of sp³-hybridized carbons (Fsp3) is 0.231. The first-order valence-corrected chi connectivity index (χ1v) is 7.01. The van der Waals surface area contributed by atoms with Crippen LogP contribution in [-0.4, -0.2) is 0 Å². The number of benzene rings is 1. The topological polar surface area (TPSA) is 12.0 Å². The van der Waals surface area contributed by atoms with Gasteiger partial charge in [0.2, 0.25) is 0 Å². The maximum absolute atomic E-state index is 13.7. The van der Waals surface area contributed by atoms with Gasteiger partial charge in [0.15, 0.2) is 0 Å².